The lowest BCUT2D eigenvalue weighted by molar-refractivity contribution is 1.10. The van der Waals surface area contributed by atoms with Gasteiger partial charge in [-0.3, -0.25) is 4.57 Å². The molecule has 0 radical (unpaired) electrons. The molecule has 44 heavy (non-hydrogen) atoms. The van der Waals surface area contributed by atoms with Crippen molar-refractivity contribution < 1.29 is 0 Å². The number of aromatic nitrogens is 2. The van der Waals surface area contributed by atoms with E-state index in [4.69, 9.17) is 4.98 Å². The SMILES string of the molecule is c1ccc(-c2cnc(-n3c4cccc5ccc6c(-c7ccc8sc9ccccc9c8c7)ccc3c6c54)c3ccccc23)cc1. The fourth-order valence-electron chi connectivity index (χ4n) is 7.27. The minimum atomic E-state index is 0.962. The molecule has 10 rings (SSSR count). The highest BCUT2D eigenvalue weighted by Crippen LogP contribution is 2.44. The van der Waals surface area contributed by atoms with Crippen LogP contribution in [0.3, 0.4) is 0 Å². The molecule has 0 N–H and O–H groups in total. The Balaban J connectivity index is 1.26. The van der Waals surface area contributed by atoms with Crippen LogP contribution in [0.2, 0.25) is 0 Å². The molecule has 0 aliphatic rings. The van der Waals surface area contributed by atoms with Crippen molar-refractivity contribution in [1.29, 1.82) is 0 Å². The molecule has 0 aliphatic heterocycles. The quantitative estimate of drug-likeness (QED) is 0.191. The summed E-state index contributed by atoms with van der Waals surface area (Å²) in [5.41, 5.74) is 7.20. The molecule has 3 heterocycles. The molecule has 0 fully saturated rings. The highest BCUT2D eigenvalue weighted by Gasteiger charge is 2.21. The normalized spacial score (nSPS) is 12.1. The van der Waals surface area contributed by atoms with E-state index in [-0.39, 0.29) is 0 Å². The smallest absolute Gasteiger partial charge is 0.145 e. The zero-order chi connectivity index (χ0) is 28.8. The van der Waals surface area contributed by atoms with Crippen molar-refractivity contribution >= 4 is 74.9 Å². The first-order chi connectivity index (χ1) is 21.8. The second-order valence-electron chi connectivity index (χ2n) is 11.5. The first-order valence-corrected chi connectivity index (χ1v) is 15.8. The van der Waals surface area contributed by atoms with Gasteiger partial charge >= 0.3 is 0 Å². The second kappa shape index (κ2) is 9.00. The Bertz CT molecular complexity index is 2710. The maximum Gasteiger partial charge on any atom is 0.145 e. The zero-order valence-electron chi connectivity index (χ0n) is 23.7. The molecule has 7 aromatic carbocycles. The molecule has 0 aliphatic carbocycles. The van der Waals surface area contributed by atoms with Crippen LogP contribution in [0.5, 0.6) is 0 Å². The number of pyridine rings is 1. The van der Waals surface area contributed by atoms with E-state index >= 15 is 0 Å². The van der Waals surface area contributed by atoms with Gasteiger partial charge in [0, 0.05) is 48.1 Å². The summed E-state index contributed by atoms with van der Waals surface area (Å²) >= 11 is 1.87. The predicted molar refractivity (Wildman–Crippen MR) is 189 cm³/mol. The van der Waals surface area contributed by atoms with Crippen LogP contribution < -0.4 is 0 Å². The molecule has 0 bridgehead atoms. The summed E-state index contributed by atoms with van der Waals surface area (Å²) in [6.45, 7) is 0. The van der Waals surface area contributed by atoms with Crippen molar-refractivity contribution in [3.05, 3.63) is 146 Å². The number of benzene rings is 7. The predicted octanol–water partition coefficient (Wildman–Crippen LogP) is 11.6. The van der Waals surface area contributed by atoms with Gasteiger partial charge in [0.1, 0.15) is 5.82 Å². The summed E-state index contributed by atoms with van der Waals surface area (Å²) in [6, 6.07) is 50.7. The summed E-state index contributed by atoms with van der Waals surface area (Å²) < 4.78 is 5.04. The molecule has 2 nitrogen and oxygen atoms in total. The van der Waals surface area contributed by atoms with Gasteiger partial charge in [0.25, 0.3) is 0 Å². The Hall–Kier alpha value is -5.51. The van der Waals surface area contributed by atoms with E-state index in [1.54, 1.807) is 0 Å². The monoisotopic (exact) mass is 576 g/mol. The van der Waals surface area contributed by atoms with E-state index in [1.165, 1.54) is 74.8 Å². The van der Waals surface area contributed by atoms with Crippen LogP contribution in [0.1, 0.15) is 0 Å². The van der Waals surface area contributed by atoms with Crippen LogP contribution in [0, 0.1) is 0 Å². The van der Waals surface area contributed by atoms with Crippen molar-refractivity contribution in [1.82, 2.24) is 9.55 Å². The van der Waals surface area contributed by atoms with Gasteiger partial charge in [-0.25, -0.2) is 4.98 Å². The Kier molecular flexibility index (Phi) is 4.90. The summed E-state index contributed by atoms with van der Waals surface area (Å²) in [6.07, 6.45) is 2.04. The van der Waals surface area contributed by atoms with Gasteiger partial charge in [0.15, 0.2) is 0 Å². The highest BCUT2D eigenvalue weighted by molar-refractivity contribution is 7.25. The topological polar surface area (TPSA) is 17.8 Å². The first kappa shape index (κ1) is 24.0. The van der Waals surface area contributed by atoms with Crippen LogP contribution in [0.25, 0.3) is 91.6 Å². The Labute approximate surface area is 257 Å². The molecule has 0 saturated carbocycles. The molecule has 0 atom stereocenters. The number of hydrogen-bond acceptors (Lipinski definition) is 2. The summed E-state index contributed by atoms with van der Waals surface area (Å²) in [7, 11) is 0. The zero-order valence-corrected chi connectivity index (χ0v) is 24.5. The fourth-order valence-corrected chi connectivity index (χ4v) is 8.35. The molecule has 3 aromatic heterocycles. The van der Waals surface area contributed by atoms with Crippen LogP contribution >= 0.6 is 11.3 Å². The van der Waals surface area contributed by atoms with Crippen molar-refractivity contribution in [2.24, 2.45) is 0 Å². The maximum absolute atomic E-state index is 5.19. The standard InChI is InChI=1S/C41H24N2S/c1-2-9-25(10-3-1)34-24-42-41(32-14-5-4-12-29(32)34)43-35-15-8-11-26-17-19-31-28(20-21-36(43)40(31)39(26)35)27-18-22-38-33(23-27)30-13-6-7-16-37(30)44-38/h1-24H. The van der Waals surface area contributed by atoms with Gasteiger partial charge in [0.05, 0.1) is 11.0 Å². The highest BCUT2D eigenvalue weighted by atomic mass is 32.1. The van der Waals surface area contributed by atoms with E-state index in [0.717, 1.165) is 16.8 Å². The van der Waals surface area contributed by atoms with Crippen molar-refractivity contribution in [3.63, 3.8) is 0 Å². The van der Waals surface area contributed by atoms with Gasteiger partial charge < -0.3 is 0 Å². The molecule has 3 heteroatoms. The van der Waals surface area contributed by atoms with Gasteiger partial charge in [0.2, 0.25) is 0 Å². The Morgan fingerprint density at radius 2 is 1.23 bits per heavy atom. The van der Waals surface area contributed by atoms with Crippen LogP contribution in [0.15, 0.2) is 146 Å². The fraction of sp³-hybridized carbons (Fsp3) is 0. The van der Waals surface area contributed by atoms with Gasteiger partial charge in [-0.05, 0) is 63.2 Å². The largest absolute Gasteiger partial charge is 0.293 e. The Morgan fingerprint density at radius 3 is 2.14 bits per heavy atom. The van der Waals surface area contributed by atoms with Crippen LogP contribution in [0.4, 0.5) is 0 Å². The minimum absolute atomic E-state index is 0.962. The third-order valence-corrected chi connectivity index (χ3v) is 10.4. The van der Waals surface area contributed by atoms with Crippen LogP contribution in [-0.2, 0) is 0 Å². The lowest BCUT2D eigenvalue weighted by atomic mass is 9.94. The summed E-state index contributed by atoms with van der Waals surface area (Å²) in [5.74, 6) is 0.962. The van der Waals surface area contributed by atoms with E-state index < -0.39 is 0 Å². The second-order valence-corrected chi connectivity index (χ2v) is 12.6. The Morgan fingerprint density at radius 1 is 0.455 bits per heavy atom. The lowest BCUT2D eigenvalue weighted by Crippen LogP contribution is -1.99. The number of fused-ring (bicyclic) bond motifs is 4. The minimum Gasteiger partial charge on any atom is -0.293 e. The third kappa shape index (κ3) is 3.27. The first-order valence-electron chi connectivity index (χ1n) is 15.0. The van der Waals surface area contributed by atoms with Crippen molar-refractivity contribution in [3.8, 4) is 28.1 Å². The number of rotatable bonds is 3. The van der Waals surface area contributed by atoms with E-state index in [1.807, 2.05) is 17.5 Å². The average molecular weight is 577 g/mol. The molecular formula is C41H24N2S. The summed E-state index contributed by atoms with van der Waals surface area (Å²) in [5, 5.41) is 10.1. The third-order valence-electron chi connectivity index (χ3n) is 9.22. The van der Waals surface area contributed by atoms with Gasteiger partial charge in [-0.15, -0.1) is 11.3 Å². The molecule has 204 valence electrons. The van der Waals surface area contributed by atoms with Crippen molar-refractivity contribution in [2.75, 3.05) is 0 Å². The number of thiophene rings is 1. The molecule has 0 spiro atoms. The molecule has 0 saturated heterocycles. The maximum atomic E-state index is 5.19. The molecular weight excluding hydrogens is 553 g/mol. The number of hydrogen-bond donors (Lipinski definition) is 0. The number of nitrogens with zero attached hydrogens (tertiary/aromatic N) is 2. The molecule has 10 aromatic rings. The molecule has 0 amide bonds. The van der Waals surface area contributed by atoms with Gasteiger partial charge in [-0.2, -0.15) is 0 Å². The summed E-state index contributed by atoms with van der Waals surface area (Å²) in [4.78, 5) is 5.19. The van der Waals surface area contributed by atoms with E-state index in [9.17, 15) is 0 Å². The van der Waals surface area contributed by atoms with E-state index in [2.05, 4.69) is 144 Å². The van der Waals surface area contributed by atoms with Crippen molar-refractivity contribution in [2.45, 2.75) is 0 Å². The van der Waals surface area contributed by atoms with Gasteiger partial charge in [-0.1, -0.05) is 109 Å². The van der Waals surface area contributed by atoms with E-state index in [0.29, 0.717) is 0 Å². The lowest BCUT2D eigenvalue weighted by Gasteiger charge is -2.14. The average Bonchev–Trinajstić information content (AvgIpc) is 3.63. The molecule has 0 unspecified atom stereocenters. The van der Waals surface area contributed by atoms with Crippen LogP contribution in [-0.4, -0.2) is 9.55 Å².